The van der Waals surface area contributed by atoms with E-state index in [-0.39, 0.29) is 7.47 Å². The number of aliphatic imine (C=N–C) groups is 1. The molecule has 0 aromatic heterocycles. The molecule has 0 aromatic rings. The van der Waals surface area contributed by atoms with Gasteiger partial charge in [-0.25, -0.2) is 0 Å². The van der Waals surface area contributed by atoms with Gasteiger partial charge in [-0.15, -0.1) is 0 Å². The largest absolute Gasteiger partial charge is 1.00 e. The number of hydrogen-bond acceptors (Lipinski definition) is 2. The zero-order valence-electron chi connectivity index (χ0n) is 4.74. The number of rotatable bonds is 1. The van der Waals surface area contributed by atoms with Crippen LogP contribution in [0.5, 0.6) is 0 Å². The fourth-order valence-corrected chi connectivity index (χ4v) is 0.443. The molecule has 1 unspecified atom stereocenters. The van der Waals surface area contributed by atoms with E-state index < -0.39 is 0 Å². The van der Waals surface area contributed by atoms with Crippen LogP contribution in [-0.4, -0.2) is 18.5 Å². The van der Waals surface area contributed by atoms with Gasteiger partial charge < -0.3 is 4.79 Å². The molecule has 0 bridgehead atoms. The molecule has 1 aliphatic heterocycles. The van der Waals surface area contributed by atoms with Crippen LogP contribution in [0.25, 0.3) is 0 Å². The van der Waals surface area contributed by atoms with Crippen LogP contribution in [0.3, 0.4) is 0 Å². The molecule has 0 saturated heterocycles. The summed E-state index contributed by atoms with van der Waals surface area (Å²) >= 11 is 0. The van der Waals surface area contributed by atoms with E-state index in [1.165, 1.54) is 0 Å². The minimum absolute atomic E-state index is 0. The molecular weight excluding hydrogens is 90.1 g/mol. The van der Waals surface area contributed by atoms with Crippen molar-refractivity contribution in [1.29, 1.82) is 0 Å². The third-order valence-electron chi connectivity index (χ3n) is 0.792. The summed E-state index contributed by atoms with van der Waals surface area (Å²) < 4.78 is 0. The number of hydrogen-bond donors (Lipinski definition) is 0. The molecule has 0 fully saturated rings. The number of carbonyl (C=O) groups is 1. The fraction of sp³-hybridized carbons (Fsp3) is 0.200. The molecule has 7 heavy (non-hydrogen) atoms. The fourth-order valence-electron chi connectivity index (χ4n) is 0.443. The molecule has 0 aliphatic carbocycles. The lowest BCUT2D eigenvalue weighted by atomic mass is 10.4. The Hall–Kier alpha value is -0.920. The van der Waals surface area contributed by atoms with Gasteiger partial charge in [-0.3, -0.25) is 4.99 Å². The van der Waals surface area contributed by atoms with Crippen molar-refractivity contribution in [3.8, 4) is 0 Å². The number of allylic oxidation sites excluding steroid dienone is 1. The minimum atomic E-state index is -0.194. The van der Waals surface area contributed by atoms with Gasteiger partial charge in [-0.05, 0) is 6.08 Å². The Morgan fingerprint density at radius 1 is 1.86 bits per heavy atom. The molecule has 0 amide bonds. The van der Waals surface area contributed by atoms with Crippen LogP contribution in [-0.2, 0) is 4.79 Å². The molecule has 36 valence electrons. The predicted octanol–water partition coefficient (Wildman–Crippen LogP) is 0.307. The quantitative estimate of drug-likeness (QED) is 0.432. The molecule has 0 spiro atoms. The summed E-state index contributed by atoms with van der Waals surface area (Å²) in [5.74, 6) is 0. The Balaban J connectivity index is 0.000000490. The summed E-state index contributed by atoms with van der Waals surface area (Å²) in [4.78, 5) is 13.6. The molecule has 1 rings (SSSR count). The maximum Gasteiger partial charge on any atom is 1.00 e. The lowest BCUT2D eigenvalue weighted by molar-refractivity contribution is -0.107. The molecule has 1 aliphatic rings. The molecule has 2 nitrogen and oxygen atoms in total. The van der Waals surface area contributed by atoms with Gasteiger partial charge in [0.1, 0.15) is 12.3 Å². The van der Waals surface area contributed by atoms with Crippen LogP contribution in [0.4, 0.5) is 0 Å². The van der Waals surface area contributed by atoms with E-state index >= 15 is 0 Å². The third kappa shape index (κ3) is 0.738. The van der Waals surface area contributed by atoms with Gasteiger partial charge in [0.15, 0.2) is 0 Å². The van der Waals surface area contributed by atoms with Crippen LogP contribution < -0.4 is 0 Å². The lowest BCUT2D eigenvalue weighted by Gasteiger charge is -1.83. The molecule has 1 heterocycles. The van der Waals surface area contributed by atoms with Crippen LogP contribution in [0.1, 0.15) is 1.43 Å². The molecule has 0 N–H and O–H groups in total. The number of nitrogens with zero attached hydrogens (tertiary/aromatic N) is 1. The molecule has 1 atom stereocenters. The van der Waals surface area contributed by atoms with E-state index in [2.05, 4.69) is 4.99 Å². The van der Waals surface area contributed by atoms with E-state index in [9.17, 15) is 4.79 Å². The first kappa shape index (κ1) is 4.24. The third-order valence-corrected chi connectivity index (χ3v) is 0.792. The van der Waals surface area contributed by atoms with Gasteiger partial charge >= 0.3 is 1.43 Å². The van der Waals surface area contributed by atoms with Crippen molar-refractivity contribution in [3.05, 3.63) is 12.2 Å². The maximum absolute atomic E-state index is 9.84. The van der Waals surface area contributed by atoms with Crippen molar-refractivity contribution < 1.29 is 6.22 Å². The summed E-state index contributed by atoms with van der Waals surface area (Å²) in [6.07, 6.45) is 5.94. The van der Waals surface area contributed by atoms with Crippen LogP contribution in [0.2, 0.25) is 0 Å². The lowest BCUT2D eigenvalue weighted by Crippen LogP contribution is -1.95. The van der Waals surface area contributed by atoms with Crippen LogP contribution >= 0.6 is 0 Å². The van der Waals surface area contributed by atoms with Crippen LogP contribution in [0.15, 0.2) is 17.1 Å². The van der Waals surface area contributed by atoms with Gasteiger partial charge in [0, 0.05) is 6.21 Å². The molecule has 0 saturated carbocycles. The SMILES string of the molecule is O=CC1C=CC=N1.[H+]. The second-order valence-electron chi connectivity index (χ2n) is 1.31. The number of carbonyl (C=O) groups excluding carboxylic acids is 1. The Bertz CT molecular complexity index is 118. The Labute approximate surface area is 43.0 Å². The molecule has 0 aromatic carbocycles. The second-order valence-corrected chi connectivity index (χ2v) is 1.31. The van der Waals surface area contributed by atoms with Gasteiger partial charge in [0.25, 0.3) is 0 Å². The van der Waals surface area contributed by atoms with Gasteiger partial charge in [0.05, 0.1) is 0 Å². The van der Waals surface area contributed by atoms with Crippen LogP contribution in [0, 0.1) is 0 Å². The summed E-state index contributed by atoms with van der Waals surface area (Å²) in [6, 6.07) is -0.194. The van der Waals surface area contributed by atoms with E-state index in [4.69, 9.17) is 0 Å². The zero-order valence-corrected chi connectivity index (χ0v) is 3.74. The Kier molecular flexibility index (Phi) is 1.02. The van der Waals surface area contributed by atoms with E-state index in [0.29, 0.717) is 0 Å². The Morgan fingerprint density at radius 2 is 2.71 bits per heavy atom. The van der Waals surface area contributed by atoms with Gasteiger partial charge in [-0.2, -0.15) is 0 Å². The standard InChI is InChI=1S/C5H5NO/c7-4-5-2-1-3-6-5/h1-5H/p+1. The van der Waals surface area contributed by atoms with E-state index in [1.807, 2.05) is 0 Å². The van der Waals surface area contributed by atoms with Gasteiger partial charge in [0.2, 0.25) is 0 Å². The van der Waals surface area contributed by atoms with Gasteiger partial charge in [-0.1, -0.05) is 6.08 Å². The highest BCUT2D eigenvalue weighted by Crippen LogP contribution is 1.93. The van der Waals surface area contributed by atoms with Crippen molar-refractivity contribution in [1.82, 2.24) is 0 Å². The summed E-state index contributed by atoms with van der Waals surface area (Å²) in [5.41, 5.74) is 0. The topological polar surface area (TPSA) is 29.4 Å². The van der Waals surface area contributed by atoms with E-state index in [0.717, 1.165) is 6.29 Å². The molecule has 0 radical (unpaired) electrons. The molecular formula is C5H6NO+. The maximum atomic E-state index is 9.84. The average Bonchev–Trinajstić information content (AvgIpc) is 2.14. The highest BCUT2D eigenvalue weighted by Gasteiger charge is 1.98. The first-order valence-corrected chi connectivity index (χ1v) is 2.09. The highest BCUT2D eigenvalue weighted by atomic mass is 16.1. The Morgan fingerprint density at radius 3 is 3.00 bits per heavy atom. The summed E-state index contributed by atoms with van der Waals surface area (Å²) in [7, 11) is 0. The first-order valence-electron chi connectivity index (χ1n) is 2.09. The second kappa shape index (κ2) is 1.69. The monoisotopic (exact) mass is 96.0 g/mol. The average molecular weight is 96.1 g/mol. The first-order chi connectivity index (χ1) is 3.43. The normalized spacial score (nSPS) is 26.0. The van der Waals surface area contributed by atoms with Crippen molar-refractivity contribution in [2.45, 2.75) is 6.04 Å². The minimum Gasteiger partial charge on any atom is -0.301 e. The molecule has 2 heteroatoms. The van der Waals surface area contributed by atoms with Crippen molar-refractivity contribution in [3.63, 3.8) is 0 Å². The summed E-state index contributed by atoms with van der Waals surface area (Å²) in [6.45, 7) is 0. The zero-order chi connectivity index (χ0) is 5.11. The van der Waals surface area contributed by atoms with Crippen molar-refractivity contribution >= 4 is 12.5 Å². The van der Waals surface area contributed by atoms with E-state index in [1.54, 1.807) is 18.4 Å². The van der Waals surface area contributed by atoms with Crippen molar-refractivity contribution in [2.75, 3.05) is 0 Å². The summed E-state index contributed by atoms with van der Waals surface area (Å²) in [5, 5.41) is 0. The number of aldehydes is 1. The van der Waals surface area contributed by atoms with Crippen molar-refractivity contribution in [2.24, 2.45) is 4.99 Å². The smallest absolute Gasteiger partial charge is 0.301 e. The predicted molar refractivity (Wildman–Crippen MR) is 28.6 cm³/mol. The highest BCUT2D eigenvalue weighted by molar-refractivity contribution is 5.80.